The normalized spacial score (nSPS) is 10.5. The number of hydrogen-bond donors (Lipinski definition) is 1. The van der Waals surface area contributed by atoms with E-state index in [9.17, 15) is 9.59 Å². The van der Waals surface area contributed by atoms with E-state index in [-0.39, 0.29) is 18.2 Å². The molecule has 0 atom stereocenters. The first-order valence-electron chi connectivity index (χ1n) is 9.75. The van der Waals surface area contributed by atoms with Crippen LogP contribution in [0, 0.1) is 6.92 Å². The van der Waals surface area contributed by atoms with Gasteiger partial charge in [0, 0.05) is 16.8 Å². The van der Waals surface area contributed by atoms with Gasteiger partial charge in [0.2, 0.25) is 5.89 Å². The molecule has 0 radical (unpaired) electrons. The molecule has 0 aliphatic rings. The highest BCUT2D eigenvalue weighted by Gasteiger charge is 2.19. The Morgan fingerprint density at radius 1 is 0.903 bits per heavy atom. The van der Waals surface area contributed by atoms with Gasteiger partial charge in [-0.3, -0.25) is 4.79 Å². The molecule has 6 heteroatoms. The molecule has 1 heterocycles. The molecule has 0 unspecified atom stereocenters. The Bertz CT molecular complexity index is 1180. The standard InChI is InChI=1S/C25H20N2O4/c1-17-22(27-24(31-17)20-8-4-2-5-9-20)25(29)30-16-18-12-14-19(15-13-18)23(28)26-21-10-6-3-7-11-21/h2-15H,16H2,1H3,(H,26,28). The quantitative estimate of drug-likeness (QED) is 0.437. The highest BCUT2D eigenvalue weighted by Crippen LogP contribution is 2.22. The van der Waals surface area contributed by atoms with Gasteiger partial charge in [0.25, 0.3) is 5.91 Å². The van der Waals surface area contributed by atoms with Crippen LogP contribution < -0.4 is 5.32 Å². The van der Waals surface area contributed by atoms with E-state index in [1.165, 1.54) is 0 Å². The van der Waals surface area contributed by atoms with Crippen molar-refractivity contribution in [1.82, 2.24) is 4.98 Å². The van der Waals surface area contributed by atoms with Gasteiger partial charge in [0.05, 0.1) is 0 Å². The first-order valence-corrected chi connectivity index (χ1v) is 9.75. The second-order valence-electron chi connectivity index (χ2n) is 6.88. The summed E-state index contributed by atoms with van der Waals surface area (Å²) in [5.74, 6) is 0.00588. The summed E-state index contributed by atoms with van der Waals surface area (Å²) in [6.45, 7) is 1.74. The van der Waals surface area contributed by atoms with E-state index in [4.69, 9.17) is 9.15 Å². The van der Waals surface area contributed by atoms with Gasteiger partial charge in [-0.05, 0) is 48.9 Å². The predicted octanol–water partition coefficient (Wildman–Crippen LogP) is 5.26. The molecule has 0 bridgehead atoms. The monoisotopic (exact) mass is 412 g/mol. The largest absolute Gasteiger partial charge is 0.456 e. The van der Waals surface area contributed by atoms with Gasteiger partial charge < -0.3 is 14.5 Å². The summed E-state index contributed by atoms with van der Waals surface area (Å²) < 4.78 is 11.0. The SMILES string of the molecule is Cc1oc(-c2ccccc2)nc1C(=O)OCc1ccc(C(=O)Nc2ccccc2)cc1. The highest BCUT2D eigenvalue weighted by atomic mass is 16.5. The summed E-state index contributed by atoms with van der Waals surface area (Å²) in [5, 5.41) is 2.83. The van der Waals surface area contributed by atoms with E-state index in [0.717, 1.165) is 16.8 Å². The zero-order valence-corrected chi connectivity index (χ0v) is 16.9. The van der Waals surface area contributed by atoms with Crippen molar-refractivity contribution in [1.29, 1.82) is 0 Å². The van der Waals surface area contributed by atoms with Crippen molar-refractivity contribution in [3.8, 4) is 11.5 Å². The minimum atomic E-state index is -0.561. The molecule has 0 aliphatic carbocycles. The van der Waals surface area contributed by atoms with Gasteiger partial charge in [-0.1, -0.05) is 48.5 Å². The summed E-state index contributed by atoms with van der Waals surface area (Å²) in [4.78, 5) is 29.0. The Morgan fingerprint density at radius 3 is 2.23 bits per heavy atom. The summed E-state index contributed by atoms with van der Waals surface area (Å²) in [7, 11) is 0. The van der Waals surface area contributed by atoms with E-state index in [2.05, 4.69) is 10.3 Å². The first kappa shape index (κ1) is 20.1. The average molecular weight is 412 g/mol. The Kier molecular flexibility index (Phi) is 5.89. The number of aryl methyl sites for hydroxylation is 1. The molecule has 0 fully saturated rings. The fraction of sp³-hybridized carbons (Fsp3) is 0.0800. The van der Waals surface area contributed by atoms with Crippen LogP contribution in [0.3, 0.4) is 0 Å². The lowest BCUT2D eigenvalue weighted by Gasteiger charge is -2.07. The number of amides is 1. The molecule has 0 saturated carbocycles. The fourth-order valence-electron chi connectivity index (χ4n) is 2.98. The number of hydrogen-bond acceptors (Lipinski definition) is 5. The zero-order valence-electron chi connectivity index (χ0n) is 16.9. The predicted molar refractivity (Wildman–Crippen MR) is 117 cm³/mol. The molecule has 0 spiro atoms. The topological polar surface area (TPSA) is 81.4 Å². The number of ether oxygens (including phenoxy) is 1. The number of anilines is 1. The maximum absolute atomic E-state index is 12.5. The van der Waals surface area contributed by atoms with Gasteiger partial charge in [0.1, 0.15) is 12.4 Å². The molecule has 4 rings (SSSR count). The third kappa shape index (κ3) is 4.87. The summed E-state index contributed by atoms with van der Waals surface area (Å²) in [6.07, 6.45) is 0. The molecule has 1 aromatic heterocycles. The van der Waals surface area contributed by atoms with E-state index in [1.807, 2.05) is 60.7 Å². The van der Waals surface area contributed by atoms with Gasteiger partial charge in [-0.15, -0.1) is 0 Å². The van der Waals surface area contributed by atoms with Gasteiger partial charge in [-0.25, -0.2) is 9.78 Å². The number of benzene rings is 3. The zero-order chi connectivity index (χ0) is 21.6. The summed E-state index contributed by atoms with van der Waals surface area (Å²) in [5.41, 5.74) is 2.93. The number of nitrogens with one attached hydrogen (secondary N) is 1. The van der Waals surface area contributed by atoms with Crippen molar-refractivity contribution in [2.45, 2.75) is 13.5 Å². The van der Waals surface area contributed by atoms with Crippen LogP contribution in [0.4, 0.5) is 5.69 Å². The lowest BCUT2D eigenvalue weighted by Crippen LogP contribution is -2.12. The Balaban J connectivity index is 1.37. The van der Waals surface area contributed by atoms with Crippen molar-refractivity contribution in [2.75, 3.05) is 5.32 Å². The van der Waals surface area contributed by atoms with Crippen LogP contribution in [0.1, 0.15) is 32.2 Å². The van der Waals surface area contributed by atoms with E-state index in [0.29, 0.717) is 17.2 Å². The average Bonchev–Trinajstić information content (AvgIpc) is 3.21. The van der Waals surface area contributed by atoms with Crippen LogP contribution in [0.15, 0.2) is 89.3 Å². The molecular weight excluding hydrogens is 392 g/mol. The first-order chi connectivity index (χ1) is 15.1. The molecule has 1 amide bonds. The van der Waals surface area contributed by atoms with Gasteiger partial charge in [-0.2, -0.15) is 0 Å². The molecule has 154 valence electrons. The molecule has 1 N–H and O–H groups in total. The minimum absolute atomic E-state index is 0.0619. The van der Waals surface area contributed by atoms with Crippen molar-refractivity contribution in [2.24, 2.45) is 0 Å². The van der Waals surface area contributed by atoms with Crippen LogP contribution >= 0.6 is 0 Å². The third-order valence-electron chi connectivity index (χ3n) is 4.63. The number of para-hydroxylation sites is 1. The van der Waals surface area contributed by atoms with Gasteiger partial charge in [0.15, 0.2) is 5.69 Å². The molecule has 31 heavy (non-hydrogen) atoms. The number of aromatic nitrogens is 1. The van der Waals surface area contributed by atoms with Crippen LogP contribution in [-0.4, -0.2) is 16.9 Å². The number of rotatable bonds is 6. The number of oxazole rings is 1. The van der Waals surface area contributed by atoms with Crippen molar-refractivity contribution >= 4 is 17.6 Å². The maximum atomic E-state index is 12.5. The molecule has 0 aliphatic heterocycles. The lowest BCUT2D eigenvalue weighted by atomic mass is 10.1. The molecule has 3 aromatic carbocycles. The number of esters is 1. The Morgan fingerprint density at radius 2 is 1.55 bits per heavy atom. The number of carbonyl (C=O) groups is 2. The van der Waals surface area contributed by atoms with E-state index < -0.39 is 5.97 Å². The molecule has 0 saturated heterocycles. The number of carbonyl (C=O) groups excluding carboxylic acids is 2. The highest BCUT2D eigenvalue weighted by molar-refractivity contribution is 6.04. The third-order valence-corrected chi connectivity index (χ3v) is 4.63. The van der Waals surface area contributed by atoms with Crippen LogP contribution in [0.2, 0.25) is 0 Å². The summed E-state index contributed by atoms with van der Waals surface area (Å²) >= 11 is 0. The van der Waals surface area contributed by atoms with Crippen LogP contribution in [0.25, 0.3) is 11.5 Å². The second-order valence-corrected chi connectivity index (χ2v) is 6.88. The van der Waals surface area contributed by atoms with Crippen molar-refractivity contribution < 1.29 is 18.7 Å². The second kappa shape index (κ2) is 9.09. The van der Waals surface area contributed by atoms with E-state index >= 15 is 0 Å². The number of nitrogens with zero attached hydrogens (tertiary/aromatic N) is 1. The Labute approximate surface area is 179 Å². The smallest absolute Gasteiger partial charge is 0.360 e. The van der Waals surface area contributed by atoms with Crippen LogP contribution in [0.5, 0.6) is 0 Å². The lowest BCUT2D eigenvalue weighted by molar-refractivity contribution is 0.0464. The molecule has 4 aromatic rings. The molecular formula is C25H20N2O4. The van der Waals surface area contributed by atoms with Crippen molar-refractivity contribution in [3.63, 3.8) is 0 Å². The maximum Gasteiger partial charge on any atom is 0.360 e. The van der Waals surface area contributed by atoms with Crippen molar-refractivity contribution in [3.05, 3.63) is 108 Å². The fourth-order valence-corrected chi connectivity index (χ4v) is 2.98. The molecule has 6 nitrogen and oxygen atoms in total. The van der Waals surface area contributed by atoms with Gasteiger partial charge >= 0.3 is 5.97 Å². The minimum Gasteiger partial charge on any atom is -0.456 e. The Hall–Kier alpha value is -4.19. The van der Waals surface area contributed by atoms with Crippen LogP contribution in [-0.2, 0) is 11.3 Å². The summed E-state index contributed by atoms with van der Waals surface area (Å²) in [6, 6.07) is 25.5. The van der Waals surface area contributed by atoms with E-state index in [1.54, 1.807) is 31.2 Å².